The maximum atomic E-state index is 13.7. The molecule has 0 bridgehead atoms. The number of halogens is 3. The summed E-state index contributed by atoms with van der Waals surface area (Å²) in [5, 5.41) is 4.10. The summed E-state index contributed by atoms with van der Waals surface area (Å²) in [5.74, 6) is -0.366. The van der Waals surface area contributed by atoms with Crippen molar-refractivity contribution in [1.29, 1.82) is 0 Å². The molecule has 4 heteroatoms. The molecular weight excluding hydrogens is 284 g/mol. The van der Waals surface area contributed by atoms with E-state index in [4.69, 9.17) is 23.2 Å². The summed E-state index contributed by atoms with van der Waals surface area (Å²) in [6.45, 7) is 2.42. The van der Waals surface area contributed by atoms with Gasteiger partial charge in [0.25, 0.3) is 0 Å². The lowest BCUT2D eigenvalue weighted by Gasteiger charge is -2.15. The fourth-order valence-electron chi connectivity index (χ4n) is 1.84. The van der Waals surface area contributed by atoms with Crippen LogP contribution in [-0.4, -0.2) is 0 Å². The lowest BCUT2D eigenvalue weighted by Crippen LogP contribution is -2.18. The van der Waals surface area contributed by atoms with E-state index < -0.39 is 0 Å². The lowest BCUT2D eigenvalue weighted by molar-refractivity contribution is 0.544. The molecule has 0 aliphatic rings. The van der Waals surface area contributed by atoms with Crippen LogP contribution in [0, 0.1) is 5.82 Å². The SMILES string of the molecule is C[C@@H](NCc1cccc(Cl)c1F)c1cccc(Cl)c1. The highest BCUT2D eigenvalue weighted by molar-refractivity contribution is 6.31. The number of rotatable bonds is 4. The quantitative estimate of drug-likeness (QED) is 0.839. The van der Waals surface area contributed by atoms with Crippen LogP contribution in [0.4, 0.5) is 4.39 Å². The van der Waals surface area contributed by atoms with Gasteiger partial charge >= 0.3 is 0 Å². The van der Waals surface area contributed by atoms with Gasteiger partial charge in [-0.2, -0.15) is 0 Å². The average molecular weight is 298 g/mol. The minimum atomic E-state index is -0.366. The number of nitrogens with one attached hydrogen (secondary N) is 1. The molecule has 0 aliphatic carbocycles. The molecule has 1 nitrogen and oxygen atoms in total. The molecule has 0 heterocycles. The molecule has 0 amide bonds. The van der Waals surface area contributed by atoms with Crippen molar-refractivity contribution in [3.05, 3.63) is 69.5 Å². The van der Waals surface area contributed by atoms with Crippen LogP contribution >= 0.6 is 23.2 Å². The van der Waals surface area contributed by atoms with Crippen LogP contribution in [0.5, 0.6) is 0 Å². The standard InChI is InChI=1S/C15H14Cl2FN/c1-10(11-4-2-6-13(16)8-11)19-9-12-5-3-7-14(17)15(12)18/h2-8,10,19H,9H2,1H3/t10-/m1/s1. The van der Waals surface area contributed by atoms with Gasteiger partial charge in [-0.3, -0.25) is 0 Å². The Kier molecular flexibility index (Phi) is 4.81. The van der Waals surface area contributed by atoms with Crippen molar-refractivity contribution < 1.29 is 4.39 Å². The molecule has 100 valence electrons. The molecule has 0 aliphatic heterocycles. The zero-order valence-corrected chi connectivity index (χ0v) is 12.0. The van der Waals surface area contributed by atoms with E-state index in [2.05, 4.69) is 5.32 Å². The van der Waals surface area contributed by atoms with Crippen LogP contribution in [0.2, 0.25) is 10.0 Å². The van der Waals surface area contributed by atoms with Crippen LogP contribution < -0.4 is 5.32 Å². The van der Waals surface area contributed by atoms with Crippen LogP contribution in [0.1, 0.15) is 24.1 Å². The molecule has 0 radical (unpaired) electrons. The summed E-state index contributed by atoms with van der Waals surface area (Å²) < 4.78 is 13.7. The molecule has 1 atom stereocenters. The third-order valence-corrected chi connectivity index (χ3v) is 3.51. The Labute approximate surface area is 122 Å². The minimum Gasteiger partial charge on any atom is -0.306 e. The predicted octanol–water partition coefficient (Wildman–Crippen LogP) is 4.98. The summed E-state index contributed by atoms with van der Waals surface area (Å²) in [6, 6.07) is 12.7. The van der Waals surface area contributed by atoms with Crippen LogP contribution in [0.3, 0.4) is 0 Å². The maximum absolute atomic E-state index is 13.7. The first-order valence-corrected chi connectivity index (χ1v) is 6.75. The van der Waals surface area contributed by atoms with Crippen molar-refractivity contribution in [3.8, 4) is 0 Å². The van der Waals surface area contributed by atoms with E-state index in [1.165, 1.54) is 0 Å². The first kappa shape index (κ1) is 14.3. The van der Waals surface area contributed by atoms with E-state index in [-0.39, 0.29) is 16.9 Å². The molecule has 0 saturated heterocycles. The van der Waals surface area contributed by atoms with Crippen molar-refractivity contribution >= 4 is 23.2 Å². The number of hydrogen-bond donors (Lipinski definition) is 1. The number of hydrogen-bond acceptors (Lipinski definition) is 1. The van der Waals surface area contributed by atoms with Crippen LogP contribution in [0.15, 0.2) is 42.5 Å². The van der Waals surface area contributed by atoms with Gasteiger partial charge < -0.3 is 5.32 Å². The largest absolute Gasteiger partial charge is 0.306 e. The molecule has 0 unspecified atom stereocenters. The Hall–Kier alpha value is -1.09. The number of benzene rings is 2. The van der Waals surface area contributed by atoms with E-state index in [9.17, 15) is 4.39 Å². The van der Waals surface area contributed by atoms with E-state index in [0.717, 1.165) is 5.56 Å². The molecule has 0 spiro atoms. The van der Waals surface area contributed by atoms with Gasteiger partial charge in [0.2, 0.25) is 0 Å². The lowest BCUT2D eigenvalue weighted by atomic mass is 10.1. The van der Waals surface area contributed by atoms with Gasteiger partial charge in [-0.05, 0) is 30.7 Å². The van der Waals surface area contributed by atoms with Gasteiger partial charge in [0.05, 0.1) is 5.02 Å². The molecule has 2 aromatic rings. The summed E-state index contributed by atoms with van der Waals surface area (Å²) in [7, 11) is 0. The van der Waals surface area contributed by atoms with E-state index in [1.807, 2.05) is 31.2 Å². The summed E-state index contributed by atoms with van der Waals surface area (Å²) in [5.41, 5.74) is 1.62. The molecular formula is C15H14Cl2FN. The Morgan fingerprint density at radius 3 is 2.63 bits per heavy atom. The average Bonchev–Trinajstić information content (AvgIpc) is 2.40. The molecule has 19 heavy (non-hydrogen) atoms. The van der Waals surface area contributed by atoms with E-state index in [0.29, 0.717) is 17.1 Å². The monoisotopic (exact) mass is 297 g/mol. The van der Waals surface area contributed by atoms with Crippen LogP contribution in [0.25, 0.3) is 0 Å². The first-order valence-electron chi connectivity index (χ1n) is 5.99. The van der Waals surface area contributed by atoms with E-state index >= 15 is 0 Å². The highest BCUT2D eigenvalue weighted by Gasteiger charge is 2.09. The van der Waals surface area contributed by atoms with Gasteiger partial charge in [-0.15, -0.1) is 0 Å². The summed E-state index contributed by atoms with van der Waals surface area (Å²) >= 11 is 11.7. The van der Waals surface area contributed by atoms with Gasteiger partial charge in [-0.25, -0.2) is 4.39 Å². The van der Waals surface area contributed by atoms with Crippen molar-refractivity contribution in [3.63, 3.8) is 0 Å². The zero-order chi connectivity index (χ0) is 13.8. The van der Waals surface area contributed by atoms with Crippen molar-refractivity contribution in [2.45, 2.75) is 19.5 Å². The Balaban J connectivity index is 2.04. The summed E-state index contributed by atoms with van der Waals surface area (Å²) in [4.78, 5) is 0. The second-order valence-electron chi connectivity index (χ2n) is 4.37. The summed E-state index contributed by atoms with van der Waals surface area (Å²) in [6.07, 6.45) is 0. The molecule has 2 aromatic carbocycles. The van der Waals surface area contributed by atoms with Crippen molar-refractivity contribution in [2.24, 2.45) is 0 Å². The van der Waals surface area contributed by atoms with Crippen molar-refractivity contribution in [2.75, 3.05) is 0 Å². The fourth-order valence-corrected chi connectivity index (χ4v) is 2.23. The van der Waals surface area contributed by atoms with E-state index in [1.54, 1.807) is 18.2 Å². The third kappa shape index (κ3) is 3.69. The Bertz CT molecular complexity index is 572. The molecule has 0 saturated carbocycles. The Morgan fingerprint density at radius 2 is 1.89 bits per heavy atom. The minimum absolute atomic E-state index is 0.0806. The normalized spacial score (nSPS) is 12.4. The maximum Gasteiger partial charge on any atom is 0.146 e. The van der Waals surface area contributed by atoms with Crippen molar-refractivity contribution in [1.82, 2.24) is 5.32 Å². The first-order chi connectivity index (χ1) is 9.08. The molecule has 0 fully saturated rings. The van der Waals surface area contributed by atoms with Gasteiger partial charge in [0.15, 0.2) is 0 Å². The molecule has 2 rings (SSSR count). The zero-order valence-electron chi connectivity index (χ0n) is 10.5. The predicted molar refractivity (Wildman–Crippen MR) is 78.1 cm³/mol. The molecule has 0 aromatic heterocycles. The topological polar surface area (TPSA) is 12.0 Å². The second kappa shape index (κ2) is 6.38. The third-order valence-electron chi connectivity index (χ3n) is 2.98. The highest BCUT2D eigenvalue weighted by atomic mass is 35.5. The fraction of sp³-hybridized carbons (Fsp3) is 0.200. The van der Waals surface area contributed by atoms with Gasteiger partial charge in [0, 0.05) is 23.2 Å². The Morgan fingerprint density at radius 1 is 1.16 bits per heavy atom. The van der Waals surface area contributed by atoms with Gasteiger partial charge in [0.1, 0.15) is 5.82 Å². The molecule has 1 N–H and O–H groups in total. The second-order valence-corrected chi connectivity index (χ2v) is 5.21. The highest BCUT2D eigenvalue weighted by Crippen LogP contribution is 2.20. The van der Waals surface area contributed by atoms with Crippen LogP contribution in [-0.2, 0) is 6.54 Å². The van der Waals surface area contributed by atoms with Gasteiger partial charge in [-0.1, -0.05) is 47.5 Å². The smallest absolute Gasteiger partial charge is 0.146 e.